The lowest BCUT2D eigenvalue weighted by atomic mass is 10.1. The number of hydrogen-bond acceptors (Lipinski definition) is 2. The van der Waals surface area contributed by atoms with E-state index in [1.54, 1.807) is 0 Å². The fourth-order valence-corrected chi connectivity index (χ4v) is 3.45. The van der Waals surface area contributed by atoms with E-state index in [4.69, 9.17) is 0 Å². The van der Waals surface area contributed by atoms with Gasteiger partial charge in [0.05, 0.1) is 0 Å². The van der Waals surface area contributed by atoms with Gasteiger partial charge in [0.2, 0.25) is 0 Å². The summed E-state index contributed by atoms with van der Waals surface area (Å²) in [7, 11) is 0. The number of amides is 1. The van der Waals surface area contributed by atoms with Gasteiger partial charge in [-0.05, 0) is 30.2 Å². The Bertz CT molecular complexity index is 927. The van der Waals surface area contributed by atoms with Gasteiger partial charge in [-0.2, -0.15) is 0 Å². The molecule has 2 heterocycles. The van der Waals surface area contributed by atoms with Crippen LogP contribution in [0.5, 0.6) is 0 Å². The first-order valence-electron chi connectivity index (χ1n) is 9.12. The van der Waals surface area contributed by atoms with E-state index in [9.17, 15) is 4.79 Å². The van der Waals surface area contributed by atoms with E-state index >= 15 is 0 Å². The van der Waals surface area contributed by atoms with Crippen molar-refractivity contribution in [2.45, 2.75) is 12.8 Å². The van der Waals surface area contributed by atoms with Crippen molar-refractivity contribution in [3.05, 3.63) is 83.7 Å². The Morgan fingerprint density at radius 3 is 2.69 bits per heavy atom. The summed E-state index contributed by atoms with van der Waals surface area (Å²) in [6.45, 7) is 2.88. The third-order valence-electron chi connectivity index (χ3n) is 4.98. The molecule has 0 bridgehead atoms. The van der Waals surface area contributed by atoms with Gasteiger partial charge in [-0.3, -0.25) is 9.69 Å². The molecule has 4 rings (SSSR count). The van der Waals surface area contributed by atoms with E-state index in [1.807, 2.05) is 30.3 Å². The van der Waals surface area contributed by atoms with Crippen LogP contribution < -0.4 is 5.32 Å². The minimum absolute atomic E-state index is 0.0240. The van der Waals surface area contributed by atoms with Gasteiger partial charge in [-0.25, -0.2) is 0 Å². The number of nitrogens with zero attached hydrogens (tertiary/aromatic N) is 1. The number of fused-ring (bicyclic) bond motifs is 1. The van der Waals surface area contributed by atoms with Crippen molar-refractivity contribution in [3.8, 4) is 0 Å². The van der Waals surface area contributed by atoms with Crippen LogP contribution in [0.4, 0.5) is 0 Å². The van der Waals surface area contributed by atoms with E-state index in [2.05, 4.69) is 51.7 Å². The molecule has 0 saturated carbocycles. The Morgan fingerprint density at radius 2 is 1.88 bits per heavy atom. The lowest BCUT2D eigenvalue weighted by Crippen LogP contribution is -2.35. The molecule has 0 fully saturated rings. The Kier molecular flexibility index (Phi) is 4.84. The molecular weight excluding hydrogens is 322 g/mol. The average Bonchev–Trinajstić information content (AvgIpc) is 3.11. The minimum atomic E-state index is -0.0240. The first kappa shape index (κ1) is 16.6. The third kappa shape index (κ3) is 3.70. The second-order valence-electron chi connectivity index (χ2n) is 6.71. The largest absolute Gasteiger partial charge is 0.361 e. The molecule has 0 spiro atoms. The molecule has 0 unspecified atom stereocenters. The quantitative estimate of drug-likeness (QED) is 0.740. The molecular formula is C22H23N3O. The zero-order valence-electron chi connectivity index (χ0n) is 14.7. The van der Waals surface area contributed by atoms with Crippen LogP contribution in [0.3, 0.4) is 0 Å². The highest BCUT2D eigenvalue weighted by Gasteiger charge is 2.14. The van der Waals surface area contributed by atoms with Crippen LogP contribution in [0.15, 0.2) is 72.6 Å². The molecule has 1 aromatic heterocycles. The van der Waals surface area contributed by atoms with Crippen molar-refractivity contribution >= 4 is 16.8 Å². The molecule has 0 saturated heterocycles. The fourth-order valence-electron chi connectivity index (χ4n) is 3.45. The summed E-state index contributed by atoms with van der Waals surface area (Å²) in [5, 5.41) is 4.36. The molecule has 0 aliphatic carbocycles. The summed E-state index contributed by atoms with van der Waals surface area (Å²) >= 11 is 0. The van der Waals surface area contributed by atoms with Crippen LogP contribution in [0, 0.1) is 0 Å². The second kappa shape index (κ2) is 7.58. The summed E-state index contributed by atoms with van der Waals surface area (Å²) in [5.74, 6) is -0.0240. The van der Waals surface area contributed by atoms with Gasteiger partial charge >= 0.3 is 0 Å². The van der Waals surface area contributed by atoms with E-state index in [1.165, 1.54) is 16.5 Å². The van der Waals surface area contributed by atoms with Crippen molar-refractivity contribution in [1.82, 2.24) is 15.2 Å². The molecule has 0 radical (unpaired) electrons. The number of carbonyl (C=O) groups excluding carboxylic acids is 1. The van der Waals surface area contributed by atoms with E-state index in [0.29, 0.717) is 5.56 Å². The van der Waals surface area contributed by atoms with Gasteiger partial charge in [-0.1, -0.05) is 42.5 Å². The number of para-hydroxylation sites is 1. The van der Waals surface area contributed by atoms with Crippen LogP contribution >= 0.6 is 0 Å². The maximum Gasteiger partial charge on any atom is 0.255 e. The van der Waals surface area contributed by atoms with Crippen molar-refractivity contribution < 1.29 is 4.79 Å². The number of rotatable bonds is 5. The highest BCUT2D eigenvalue weighted by atomic mass is 16.1. The Hall–Kier alpha value is -2.85. The number of H-pyrrole nitrogens is 1. The molecule has 2 aromatic carbocycles. The molecule has 26 heavy (non-hydrogen) atoms. The summed E-state index contributed by atoms with van der Waals surface area (Å²) < 4.78 is 0. The predicted octanol–water partition coefficient (Wildman–Crippen LogP) is 3.73. The van der Waals surface area contributed by atoms with E-state index in [-0.39, 0.29) is 5.91 Å². The molecule has 1 aliphatic rings. The monoisotopic (exact) mass is 345 g/mol. The van der Waals surface area contributed by atoms with Crippen molar-refractivity contribution in [3.63, 3.8) is 0 Å². The van der Waals surface area contributed by atoms with Crippen LogP contribution in [0.25, 0.3) is 10.9 Å². The highest BCUT2D eigenvalue weighted by molar-refractivity contribution is 5.95. The molecule has 4 heteroatoms. The SMILES string of the molecule is O=C(NC1=CCN(CCc2c[nH]c3ccccc23)CC1)c1ccccc1. The molecule has 1 amide bonds. The predicted molar refractivity (Wildman–Crippen MR) is 105 cm³/mol. The topological polar surface area (TPSA) is 48.1 Å². The number of aromatic nitrogens is 1. The van der Waals surface area contributed by atoms with Crippen molar-refractivity contribution in [1.29, 1.82) is 0 Å². The molecule has 4 nitrogen and oxygen atoms in total. The number of carbonyl (C=O) groups is 1. The van der Waals surface area contributed by atoms with E-state index in [0.717, 1.165) is 38.2 Å². The fraction of sp³-hybridized carbons (Fsp3) is 0.227. The molecule has 1 aliphatic heterocycles. The normalized spacial score (nSPS) is 15.0. The number of aromatic amines is 1. The van der Waals surface area contributed by atoms with Crippen LogP contribution in [-0.4, -0.2) is 35.4 Å². The molecule has 0 atom stereocenters. The lowest BCUT2D eigenvalue weighted by Gasteiger charge is -2.26. The minimum Gasteiger partial charge on any atom is -0.361 e. The van der Waals surface area contributed by atoms with Gasteiger partial charge in [0.15, 0.2) is 0 Å². The van der Waals surface area contributed by atoms with Crippen LogP contribution in [-0.2, 0) is 6.42 Å². The van der Waals surface area contributed by atoms with Gasteiger partial charge in [0, 0.05) is 54.4 Å². The summed E-state index contributed by atoms with van der Waals surface area (Å²) in [6, 6.07) is 17.8. The average molecular weight is 345 g/mol. The number of nitrogens with one attached hydrogen (secondary N) is 2. The van der Waals surface area contributed by atoms with Crippen LogP contribution in [0.1, 0.15) is 22.3 Å². The molecule has 132 valence electrons. The number of benzene rings is 2. The first-order chi connectivity index (χ1) is 12.8. The van der Waals surface area contributed by atoms with Crippen molar-refractivity contribution in [2.75, 3.05) is 19.6 Å². The van der Waals surface area contributed by atoms with Gasteiger partial charge in [0.1, 0.15) is 0 Å². The summed E-state index contributed by atoms with van der Waals surface area (Å²) in [6.07, 6.45) is 6.17. The van der Waals surface area contributed by atoms with Gasteiger partial charge < -0.3 is 10.3 Å². The molecule has 3 aromatic rings. The zero-order valence-corrected chi connectivity index (χ0v) is 14.7. The number of hydrogen-bond donors (Lipinski definition) is 2. The standard InChI is InChI=1S/C22H23N3O/c26-22(17-6-2-1-3-7-17)24-19-11-14-25(15-12-19)13-10-18-16-23-21-9-5-4-8-20(18)21/h1-9,11,16,23H,10,12-15H2,(H,24,26). The Balaban J connectivity index is 1.31. The van der Waals surface area contributed by atoms with Gasteiger partial charge in [-0.15, -0.1) is 0 Å². The summed E-state index contributed by atoms with van der Waals surface area (Å²) in [4.78, 5) is 18.0. The first-order valence-corrected chi connectivity index (χ1v) is 9.12. The Morgan fingerprint density at radius 1 is 1.08 bits per heavy atom. The highest BCUT2D eigenvalue weighted by Crippen LogP contribution is 2.19. The maximum absolute atomic E-state index is 12.2. The second-order valence-corrected chi connectivity index (χ2v) is 6.71. The van der Waals surface area contributed by atoms with E-state index < -0.39 is 0 Å². The smallest absolute Gasteiger partial charge is 0.255 e. The third-order valence-corrected chi connectivity index (χ3v) is 4.98. The van der Waals surface area contributed by atoms with Crippen molar-refractivity contribution in [2.24, 2.45) is 0 Å². The summed E-state index contributed by atoms with van der Waals surface area (Å²) in [5.41, 5.74) is 4.30. The molecule has 2 N–H and O–H groups in total. The van der Waals surface area contributed by atoms with Gasteiger partial charge in [0.25, 0.3) is 5.91 Å². The van der Waals surface area contributed by atoms with Crippen LogP contribution in [0.2, 0.25) is 0 Å². The zero-order chi connectivity index (χ0) is 17.8. The Labute approximate surface area is 153 Å². The lowest BCUT2D eigenvalue weighted by molar-refractivity contribution is 0.0962. The maximum atomic E-state index is 12.2.